The maximum atomic E-state index is 2.32. The van der Waals surface area contributed by atoms with Gasteiger partial charge in [0.15, 0.2) is 0 Å². The lowest BCUT2D eigenvalue weighted by Gasteiger charge is -1.97. The Labute approximate surface area is 81.1 Å². The third kappa shape index (κ3) is 7.93. The van der Waals surface area contributed by atoms with Crippen molar-refractivity contribution in [3.8, 4) is 0 Å². The van der Waals surface area contributed by atoms with E-state index >= 15 is 0 Å². The molecule has 0 fully saturated rings. The van der Waals surface area contributed by atoms with Gasteiger partial charge < -0.3 is 0 Å². The van der Waals surface area contributed by atoms with Crippen molar-refractivity contribution in [2.45, 2.75) is 33.6 Å². The van der Waals surface area contributed by atoms with E-state index in [0.29, 0.717) is 0 Å². The maximum absolute atomic E-state index is 2.32. The summed E-state index contributed by atoms with van der Waals surface area (Å²) < 4.78 is 0. The van der Waals surface area contributed by atoms with Gasteiger partial charge in [0, 0.05) is 5.75 Å². The predicted molar refractivity (Wildman–Crippen MR) is 60.8 cm³/mol. The van der Waals surface area contributed by atoms with E-state index in [2.05, 4.69) is 39.2 Å². The van der Waals surface area contributed by atoms with Gasteiger partial charge in [0.2, 0.25) is 0 Å². The Bertz CT molecular complexity index is 162. The zero-order valence-corrected chi connectivity index (χ0v) is 9.50. The van der Waals surface area contributed by atoms with Crippen molar-refractivity contribution in [3.05, 3.63) is 23.3 Å². The second kappa shape index (κ2) is 7.48. The van der Waals surface area contributed by atoms with E-state index in [4.69, 9.17) is 0 Å². The minimum Gasteiger partial charge on any atom is -0.161 e. The molecule has 70 valence electrons. The Balaban J connectivity index is 3.56. The van der Waals surface area contributed by atoms with Crippen molar-refractivity contribution in [1.82, 2.24) is 0 Å². The molecule has 0 nitrogen and oxygen atoms in total. The molecule has 0 bridgehead atoms. The molecule has 0 spiro atoms. The van der Waals surface area contributed by atoms with Crippen molar-refractivity contribution in [3.63, 3.8) is 0 Å². The molecule has 1 heteroatoms. The van der Waals surface area contributed by atoms with Crippen LogP contribution in [-0.4, -0.2) is 12.0 Å². The SMILES string of the molecule is CSCC=C(C)CCC=C(C)C. The summed E-state index contributed by atoms with van der Waals surface area (Å²) in [6.07, 6.45) is 9.17. The van der Waals surface area contributed by atoms with Gasteiger partial charge in [-0.2, -0.15) is 11.8 Å². The van der Waals surface area contributed by atoms with Gasteiger partial charge in [-0.1, -0.05) is 23.3 Å². The molecule has 0 atom stereocenters. The van der Waals surface area contributed by atoms with E-state index in [9.17, 15) is 0 Å². The van der Waals surface area contributed by atoms with Crippen LogP contribution in [0.25, 0.3) is 0 Å². The number of allylic oxidation sites excluding steroid dienone is 3. The van der Waals surface area contributed by atoms with Crippen LogP contribution in [0.15, 0.2) is 23.3 Å². The van der Waals surface area contributed by atoms with Crippen molar-refractivity contribution in [1.29, 1.82) is 0 Å². The highest BCUT2D eigenvalue weighted by Crippen LogP contribution is 2.07. The highest BCUT2D eigenvalue weighted by molar-refractivity contribution is 7.98. The van der Waals surface area contributed by atoms with Gasteiger partial charge in [0.05, 0.1) is 0 Å². The third-order valence-electron chi connectivity index (χ3n) is 1.69. The van der Waals surface area contributed by atoms with Crippen LogP contribution in [0, 0.1) is 0 Å². The topological polar surface area (TPSA) is 0 Å². The molecule has 0 aromatic rings. The van der Waals surface area contributed by atoms with Crippen LogP contribution >= 0.6 is 11.8 Å². The standard InChI is InChI=1S/C11H20S/c1-10(2)6-5-7-11(3)8-9-12-4/h6,8H,5,7,9H2,1-4H3. The fourth-order valence-corrected chi connectivity index (χ4v) is 1.37. The number of hydrogen-bond donors (Lipinski definition) is 0. The second-order valence-corrected chi connectivity index (χ2v) is 4.24. The highest BCUT2D eigenvalue weighted by atomic mass is 32.2. The first kappa shape index (κ1) is 11.8. The van der Waals surface area contributed by atoms with Crippen molar-refractivity contribution < 1.29 is 0 Å². The first-order valence-electron chi connectivity index (χ1n) is 4.44. The molecule has 0 aliphatic carbocycles. The van der Waals surface area contributed by atoms with Gasteiger partial charge in [-0.3, -0.25) is 0 Å². The molecule has 0 heterocycles. The molecule has 0 aromatic carbocycles. The van der Waals surface area contributed by atoms with Crippen molar-refractivity contribution in [2.24, 2.45) is 0 Å². The normalized spacial score (nSPS) is 11.5. The summed E-state index contributed by atoms with van der Waals surface area (Å²) in [6.45, 7) is 6.52. The molecule has 12 heavy (non-hydrogen) atoms. The Morgan fingerprint density at radius 1 is 1.17 bits per heavy atom. The van der Waals surface area contributed by atoms with Crippen LogP contribution in [0.4, 0.5) is 0 Å². The molecule has 0 amide bonds. The van der Waals surface area contributed by atoms with Crippen molar-refractivity contribution in [2.75, 3.05) is 12.0 Å². The zero-order chi connectivity index (χ0) is 9.40. The molecule has 0 rings (SSSR count). The Morgan fingerprint density at radius 2 is 1.83 bits per heavy atom. The summed E-state index contributed by atoms with van der Waals surface area (Å²) in [4.78, 5) is 0. The van der Waals surface area contributed by atoms with E-state index in [1.165, 1.54) is 24.0 Å². The minimum atomic E-state index is 1.15. The van der Waals surface area contributed by atoms with E-state index < -0.39 is 0 Å². The third-order valence-corrected chi connectivity index (χ3v) is 2.19. The lowest BCUT2D eigenvalue weighted by atomic mass is 10.1. The summed E-state index contributed by atoms with van der Waals surface area (Å²) in [7, 11) is 0. The second-order valence-electron chi connectivity index (χ2n) is 3.33. The monoisotopic (exact) mass is 184 g/mol. The molecule has 0 saturated heterocycles. The summed E-state index contributed by atoms with van der Waals surface area (Å²) >= 11 is 1.88. The Hall–Kier alpha value is -0.170. The fourth-order valence-electron chi connectivity index (χ4n) is 0.916. The summed E-state index contributed by atoms with van der Waals surface area (Å²) in [5.41, 5.74) is 2.94. The van der Waals surface area contributed by atoms with Crippen molar-refractivity contribution >= 4 is 11.8 Å². The molecule has 0 aromatic heterocycles. The first-order chi connectivity index (χ1) is 5.66. The van der Waals surface area contributed by atoms with E-state index in [-0.39, 0.29) is 0 Å². The smallest absolute Gasteiger partial charge is 0.0113 e. The molecule has 0 radical (unpaired) electrons. The Kier molecular flexibility index (Phi) is 7.37. The van der Waals surface area contributed by atoms with Gasteiger partial charge in [0.1, 0.15) is 0 Å². The fraction of sp³-hybridized carbons (Fsp3) is 0.636. The van der Waals surface area contributed by atoms with E-state index in [1.54, 1.807) is 0 Å². The first-order valence-corrected chi connectivity index (χ1v) is 5.84. The average Bonchev–Trinajstić information content (AvgIpc) is 2.00. The van der Waals surface area contributed by atoms with Crippen LogP contribution in [0.3, 0.4) is 0 Å². The molecule has 0 unspecified atom stereocenters. The van der Waals surface area contributed by atoms with Gasteiger partial charge in [-0.15, -0.1) is 0 Å². The van der Waals surface area contributed by atoms with E-state index in [0.717, 1.165) is 5.75 Å². The molecule has 0 saturated carbocycles. The van der Waals surface area contributed by atoms with Crippen LogP contribution in [0.5, 0.6) is 0 Å². The largest absolute Gasteiger partial charge is 0.161 e. The quantitative estimate of drug-likeness (QED) is 0.581. The highest BCUT2D eigenvalue weighted by Gasteiger charge is 1.87. The average molecular weight is 184 g/mol. The maximum Gasteiger partial charge on any atom is 0.0113 e. The van der Waals surface area contributed by atoms with E-state index in [1.807, 2.05) is 11.8 Å². The van der Waals surface area contributed by atoms with Gasteiger partial charge >= 0.3 is 0 Å². The summed E-state index contributed by atoms with van der Waals surface area (Å²) in [6, 6.07) is 0. The minimum absolute atomic E-state index is 1.15. The number of rotatable bonds is 5. The van der Waals surface area contributed by atoms with Gasteiger partial charge in [-0.25, -0.2) is 0 Å². The van der Waals surface area contributed by atoms with Crippen LogP contribution in [0.1, 0.15) is 33.6 Å². The zero-order valence-electron chi connectivity index (χ0n) is 8.68. The predicted octanol–water partition coefficient (Wildman–Crippen LogP) is 4.04. The summed E-state index contributed by atoms with van der Waals surface area (Å²) in [5.74, 6) is 1.15. The van der Waals surface area contributed by atoms with Crippen LogP contribution in [0.2, 0.25) is 0 Å². The molecular formula is C11H20S. The lowest BCUT2D eigenvalue weighted by molar-refractivity contribution is 0.964. The number of hydrogen-bond acceptors (Lipinski definition) is 1. The number of thioether (sulfide) groups is 1. The molecule has 0 aliphatic heterocycles. The lowest BCUT2D eigenvalue weighted by Crippen LogP contribution is -1.78. The molecule has 0 N–H and O–H groups in total. The van der Waals surface area contributed by atoms with Gasteiger partial charge in [-0.05, 0) is 39.9 Å². The Morgan fingerprint density at radius 3 is 2.33 bits per heavy atom. The molecular weight excluding hydrogens is 164 g/mol. The van der Waals surface area contributed by atoms with Gasteiger partial charge in [0.25, 0.3) is 0 Å². The van der Waals surface area contributed by atoms with Crippen LogP contribution in [-0.2, 0) is 0 Å². The molecule has 0 aliphatic rings. The van der Waals surface area contributed by atoms with Crippen LogP contribution < -0.4 is 0 Å². The summed E-state index contributed by atoms with van der Waals surface area (Å²) in [5, 5.41) is 0.